The van der Waals surface area contributed by atoms with Crippen LogP contribution in [0, 0.1) is 0 Å². The van der Waals surface area contributed by atoms with Gasteiger partial charge < -0.3 is 19.9 Å². The summed E-state index contributed by atoms with van der Waals surface area (Å²) in [5, 5.41) is 0. The fourth-order valence-corrected chi connectivity index (χ4v) is 1.15. The molecule has 1 fully saturated rings. The highest BCUT2D eigenvalue weighted by Crippen LogP contribution is 2.12. The van der Waals surface area contributed by atoms with Crippen LogP contribution in [0.25, 0.3) is 0 Å². The first-order valence-corrected chi connectivity index (χ1v) is 3.85. The van der Waals surface area contributed by atoms with E-state index in [2.05, 4.69) is 0 Å². The van der Waals surface area contributed by atoms with Crippen LogP contribution in [0.5, 0.6) is 0 Å². The van der Waals surface area contributed by atoms with E-state index >= 15 is 0 Å². The number of hydrogen-bond acceptors (Lipinski definition) is 3. The van der Waals surface area contributed by atoms with Crippen molar-refractivity contribution < 1.29 is 19.9 Å². The Hall–Kier alpha value is 0.190. The quantitative estimate of drug-likeness (QED) is 0.520. The van der Waals surface area contributed by atoms with Gasteiger partial charge in [-0.25, -0.2) is 0 Å². The monoisotopic (exact) mass is 170 g/mol. The van der Waals surface area contributed by atoms with Gasteiger partial charge in [0.2, 0.25) is 0 Å². The van der Waals surface area contributed by atoms with E-state index in [9.17, 15) is 0 Å². The van der Waals surface area contributed by atoms with Crippen LogP contribution in [0.1, 0.15) is 6.42 Å². The molecule has 4 nitrogen and oxygen atoms in total. The standard InChI is InChI=1S/C5H10O2S.2H2O/c1-8-7-5-2-3-6-4-5;;/h5H,2-4H2,1H3;2*1H2. The van der Waals surface area contributed by atoms with Gasteiger partial charge in [-0.3, -0.25) is 0 Å². The number of hydrogen-bond donors (Lipinski definition) is 0. The summed E-state index contributed by atoms with van der Waals surface area (Å²) in [6, 6.07) is 0. The molecule has 1 aliphatic heterocycles. The largest absolute Gasteiger partial charge is 0.412 e. The molecule has 5 heteroatoms. The van der Waals surface area contributed by atoms with E-state index < -0.39 is 0 Å². The molecule has 0 aromatic rings. The smallest absolute Gasteiger partial charge is 0.0977 e. The fraction of sp³-hybridized carbons (Fsp3) is 1.00. The summed E-state index contributed by atoms with van der Waals surface area (Å²) in [6.07, 6.45) is 3.34. The summed E-state index contributed by atoms with van der Waals surface area (Å²) in [6.45, 7) is 1.64. The topological polar surface area (TPSA) is 81.5 Å². The first kappa shape index (κ1) is 12.8. The van der Waals surface area contributed by atoms with Gasteiger partial charge in [0.05, 0.1) is 12.7 Å². The minimum atomic E-state index is 0. The summed E-state index contributed by atoms with van der Waals surface area (Å²) in [7, 11) is 0. The maximum Gasteiger partial charge on any atom is 0.0977 e. The molecule has 0 aromatic carbocycles. The van der Waals surface area contributed by atoms with Crippen LogP contribution in [0.15, 0.2) is 0 Å². The lowest BCUT2D eigenvalue weighted by Crippen LogP contribution is -2.06. The van der Waals surface area contributed by atoms with E-state index in [4.69, 9.17) is 8.92 Å². The third-order valence-electron chi connectivity index (χ3n) is 1.12. The zero-order valence-corrected chi connectivity index (χ0v) is 6.74. The van der Waals surface area contributed by atoms with Crippen molar-refractivity contribution in [1.29, 1.82) is 0 Å². The first-order valence-electron chi connectivity index (χ1n) is 2.70. The van der Waals surface area contributed by atoms with Gasteiger partial charge in [-0.2, -0.15) is 0 Å². The van der Waals surface area contributed by atoms with Crippen LogP contribution < -0.4 is 0 Å². The van der Waals surface area contributed by atoms with Crippen molar-refractivity contribution >= 4 is 12.0 Å². The van der Waals surface area contributed by atoms with Crippen LogP contribution in [0.3, 0.4) is 0 Å². The minimum Gasteiger partial charge on any atom is -0.412 e. The lowest BCUT2D eigenvalue weighted by Gasteiger charge is -2.02. The molecule has 0 radical (unpaired) electrons. The molecule has 0 amide bonds. The van der Waals surface area contributed by atoms with Gasteiger partial charge in [-0.15, -0.1) is 0 Å². The molecule has 0 saturated carbocycles. The lowest BCUT2D eigenvalue weighted by atomic mass is 10.3. The molecule has 1 saturated heterocycles. The van der Waals surface area contributed by atoms with Crippen molar-refractivity contribution in [2.75, 3.05) is 19.5 Å². The molecule has 4 N–H and O–H groups in total. The Bertz CT molecular complexity index is 64.7. The zero-order chi connectivity index (χ0) is 5.82. The molecule has 0 bridgehead atoms. The van der Waals surface area contributed by atoms with Gasteiger partial charge in [0, 0.05) is 19.3 Å². The molecule has 1 atom stereocenters. The maximum atomic E-state index is 5.19. The van der Waals surface area contributed by atoms with E-state index in [1.807, 2.05) is 6.26 Å². The van der Waals surface area contributed by atoms with Gasteiger partial charge in [0.1, 0.15) is 0 Å². The third-order valence-corrected chi connectivity index (χ3v) is 1.58. The second kappa shape index (κ2) is 7.30. The van der Waals surface area contributed by atoms with Crippen molar-refractivity contribution in [2.45, 2.75) is 12.5 Å². The van der Waals surface area contributed by atoms with Crippen LogP contribution >= 0.6 is 12.0 Å². The summed E-state index contributed by atoms with van der Waals surface area (Å²) in [4.78, 5) is 0. The Kier molecular flexibility index (Phi) is 9.36. The van der Waals surface area contributed by atoms with E-state index in [1.54, 1.807) is 0 Å². The summed E-state index contributed by atoms with van der Waals surface area (Å²) in [5.41, 5.74) is 0. The zero-order valence-electron chi connectivity index (χ0n) is 5.92. The van der Waals surface area contributed by atoms with Gasteiger partial charge in [0.25, 0.3) is 0 Å². The minimum absolute atomic E-state index is 0. The average Bonchev–Trinajstić information content (AvgIpc) is 2.19. The van der Waals surface area contributed by atoms with Crippen molar-refractivity contribution in [3.8, 4) is 0 Å². The lowest BCUT2D eigenvalue weighted by molar-refractivity contribution is 0.155. The highest BCUT2D eigenvalue weighted by Gasteiger charge is 2.14. The highest BCUT2D eigenvalue weighted by molar-refractivity contribution is 7.93. The highest BCUT2D eigenvalue weighted by atomic mass is 32.2. The molecular weight excluding hydrogens is 156 g/mol. The van der Waals surface area contributed by atoms with Crippen molar-refractivity contribution in [3.05, 3.63) is 0 Å². The van der Waals surface area contributed by atoms with Crippen molar-refractivity contribution in [3.63, 3.8) is 0 Å². The molecule has 0 aromatic heterocycles. The fourth-order valence-electron chi connectivity index (χ4n) is 0.725. The SMILES string of the molecule is CSOC1CCOC1.O.O. The molecular formula is C5H14O4S. The van der Waals surface area contributed by atoms with Crippen LogP contribution in [-0.4, -0.2) is 36.5 Å². The first-order chi connectivity index (χ1) is 3.93. The third kappa shape index (κ3) is 4.08. The van der Waals surface area contributed by atoms with Crippen molar-refractivity contribution in [1.82, 2.24) is 0 Å². The summed E-state index contributed by atoms with van der Waals surface area (Å²) < 4.78 is 10.3. The van der Waals surface area contributed by atoms with Gasteiger partial charge in [-0.05, 0) is 12.0 Å². The predicted molar refractivity (Wildman–Crippen MR) is 41.1 cm³/mol. The van der Waals surface area contributed by atoms with E-state index in [0.717, 1.165) is 19.6 Å². The molecule has 64 valence electrons. The predicted octanol–water partition coefficient (Wildman–Crippen LogP) is -0.580. The average molecular weight is 170 g/mol. The maximum absolute atomic E-state index is 5.19. The summed E-state index contributed by atoms with van der Waals surface area (Å²) >= 11 is 1.42. The molecule has 1 rings (SSSR count). The van der Waals surface area contributed by atoms with E-state index in [0.29, 0.717) is 6.10 Å². The molecule has 0 aliphatic carbocycles. The second-order valence-electron chi connectivity index (χ2n) is 1.75. The molecule has 1 heterocycles. The van der Waals surface area contributed by atoms with Crippen LogP contribution in [0.4, 0.5) is 0 Å². The second-order valence-corrected chi connectivity index (χ2v) is 2.27. The van der Waals surface area contributed by atoms with E-state index in [-0.39, 0.29) is 11.0 Å². The van der Waals surface area contributed by atoms with Crippen LogP contribution in [0.2, 0.25) is 0 Å². The molecule has 10 heavy (non-hydrogen) atoms. The summed E-state index contributed by atoms with van der Waals surface area (Å²) in [5.74, 6) is 0. The molecule has 1 unspecified atom stereocenters. The molecule has 0 spiro atoms. The Balaban J connectivity index is 0. The van der Waals surface area contributed by atoms with Gasteiger partial charge in [0.15, 0.2) is 0 Å². The Morgan fingerprint density at radius 2 is 2.20 bits per heavy atom. The van der Waals surface area contributed by atoms with Crippen molar-refractivity contribution in [2.24, 2.45) is 0 Å². The van der Waals surface area contributed by atoms with Gasteiger partial charge in [-0.1, -0.05) is 0 Å². The number of ether oxygens (including phenoxy) is 1. The number of rotatable bonds is 2. The Morgan fingerprint density at radius 1 is 1.50 bits per heavy atom. The Morgan fingerprint density at radius 3 is 2.60 bits per heavy atom. The molecule has 1 aliphatic rings. The van der Waals surface area contributed by atoms with Crippen LogP contribution in [-0.2, 0) is 8.92 Å². The van der Waals surface area contributed by atoms with E-state index in [1.165, 1.54) is 12.0 Å². The Labute approximate surface area is 64.7 Å². The normalized spacial score (nSPS) is 23.1. The van der Waals surface area contributed by atoms with Gasteiger partial charge >= 0.3 is 0 Å².